The van der Waals surface area contributed by atoms with Gasteiger partial charge in [0.2, 0.25) is 5.89 Å². The van der Waals surface area contributed by atoms with Crippen LogP contribution in [-0.2, 0) is 6.54 Å². The average molecular weight is 271 g/mol. The molecule has 0 spiro atoms. The van der Waals surface area contributed by atoms with Gasteiger partial charge < -0.3 is 9.73 Å². The van der Waals surface area contributed by atoms with E-state index in [4.69, 9.17) is 27.6 Å². The molecule has 1 aromatic heterocycles. The van der Waals surface area contributed by atoms with Gasteiger partial charge in [-0.1, -0.05) is 23.2 Å². The number of hydrogen-bond acceptors (Lipinski definition) is 3. The van der Waals surface area contributed by atoms with Crippen molar-refractivity contribution in [3.05, 3.63) is 28.1 Å². The van der Waals surface area contributed by atoms with E-state index in [1.807, 2.05) is 0 Å². The van der Waals surface area contributed by atoms with E-state index in [1.165, 1.54) is 12.8 Å². The summed E-state index contributed by atoms with van der Waals surface area (Å²) in [7, 11) is 0. The van der Waals surface area contributed by atoms with Crippen LogP contribution in [-0.4, -0.2) is 11.5 Å². The monoisotopic (exact) mass is 270 g/mol. The Morgan fingerprint density at radius 3 is 2.94 bits per heavy atom. The highest BCUT2D eigenvalue weighted by molar-refractivity contribution is 6.37. The van der Waals surface area contributed by atoms with Crippen molar-refractivity contribution in [1.29, 1.82) is 0 Å². The Labute approximate surface area is 109 Å². The van der Waals surface area contributed by atoms with Gasteiger partial charge in [0, 0.05) is 5.02 Å². The Bertz CT molecular complexity index is 549. The van der Waals surface area contributed by atoms with Gasteiger partial charge in [0.25, 0.3) is 0 Å². The molecule has 0 atom stereocenters. The van der Waals surface area contributed by atoms with Gasteiger partial charge in [0.1, 0.15) is 5.52 Å². The molecule has 1 fully saturated rings. The maximum absolute atomic E-state index is 6.03. The van der Waals surface area contributed by atoms with Gasteiger partial charge in [0.05, 0.1) is 11.6 Å². The fourth-order valence-corrected chi connectivity index (χ4v) is 2.31. The lowest BCUT2D eigenvalue weighted by Crippen LogP contribution is -2.16. The summed E-state index contributed by atoms with van der Waals surface area (Å²) in [4.78, 5) is 4.35. The first kappa shape index (κ1) is 11.3. The predicted molar refractivity (Wildman–Crippen MR) is 68.5 cm³/mol. The summed E-state index contributed by atoms with van der Waals surface area (Å²) in [5.41, 5.74) is 1.32. The molecule has 0 aliphatic heterocycles. The lowest BCUT2D eigenvalue weighted by molar-refractivity contribution is 0.490. The fraction of sp³-hybridized carbons (Fsp3) is 0.417. The van der Waals surface area contributed by atoms with E-state index in [-0.39, 0.29) is 0 Å². The molecule has 0 bridgehead atoms. The Kier molecular flexibility index (Phi) is 2.99. The maximum atomic E-state index is 6.03. The summed E-state index contributed by atoms with van der Waals surface area (Å²) in [5, 5.41) is 4.41. The number of fused-ring (bicyclic) bond motifs is 1. The van der Waals surface area contributed by atoms with Gasteiger partial charge in [-0.25, -0.2) is 4.98 Å². The normalized spacial score (nSPS) is 15.6. The van der Waals surface area contributed by atoms with Crippen molar-refractivity contribution < 1.29 is 4.42 Å². The molecule has 1 aliphatic rings. The molecule has 2 aromatic rings. The third-order valence-corrected chi connectivity index (χ3v) is 3.36. The second-order valence-corrected chi connectivity index (χ2v) is 5.26. The molecular weight excluding hydrogens is 259 g/mol. The minimum absolute atomic E-state index is 0.508. The minimum atomic E-state index is 0.508. The van der Waals surface area contributed by atoms with E-state index in [2.05, 4.69) is 10.3 Å². The quantitative estimate of drug-likeness (QED) is 0.922. The molecule has 0 unspecified atom stereocenters. The van der Waals surface area contributed by atoms with Crippen molar-refractivity contribution in [1.82, 2.24) is 10.3 Å². The van der Waals surface area contributed by atoms with Crippen LogP contribution in [0.25, 0.3) is 11.1 Å². The van der Waals surface area contributed by atoms with Crippen LogP contribution in [0.15, 0.2) is 16.5 Å². The topological polar surface area (TPSA) is 38.1 Å². The molecule has 1 saturated carbocycles. The number of benzene rings is 1. The van der Waals surface area contributed by atoms with E-state index in [9.17, 15) is 0 Å². The van der Waals surface area contributed by atoms with E-state index in [0.717, 1.165) is 12.5 Å². The molecular formula is C12H12Cl2N2O. The van der Waals surface area contributed by atoms with Gasteiger partial charge in [-0.2, -0.15) is 0 Å². The van der Waals surface area contributed by atoms with Crippen molar-refractivity contribution >= 4 is 34.3 Å². The Balaban J connectivity index is 1.77. The van der Waals surface area contributed by atoms with Gasteiger partial charge in [0.15, 0.2) is 5.58 Å². The molecule has 5 heteroatoms. The molecule has 1 aromatic carbocycles. The van der Waals surface area contributed by atoms with Crippen LogP contribution in [0.3, 0.4) is 0 Å². The first-order valence-electron chi connectivity index (χ1n) is 5.67. The van der Waals surface area contributed by atoms with Gasteiger partial charge >= 0.3 is 0 Å². The van der Waals surface area contributed by atoms with Gasteiger partial charge in [-0.05, 0) is 37.4 Å². The van der Waals surface area contributed by atoms with E-state index < -0.39 is 0 Å². The lowest BCUT2D eigenvalue weighted by atomic mass is 10.3. The lowest BCUT2D eigenvalue weighted by Gasteiger charge is -1.98. The fourth-order valence-electron chi connectivity index (χ4n) is 1.79. The molecule has 17 heavy (non-hydrogen) atoms. The molecule has 1 aliphatic carbocycles. The van der Waals surface area contributed by atoms with Crippen LogP contribution in [0.5, 0.6) is 0 Å². The number of oxazole rings is 1. The van der Waals surface area contributed by atoms with Crippen LogP contribution < -0.4 is 5.32 Å². The number of halogens is 2. The summed E-state index contributed by atoms with van der Waals surface area (Å²) < 4.78 is 5.59. The standard InChI is InChI=1S/C12H12Cl2N2O/c13-8-3-9(14)12-10(4-8)16-11(17-12)6-15-5-7-1-2-7/h3-4,7,15H,1-2,5-6H2. The molecule has 1 heterocycles. The summed E-state index contributed by atoms with van der Waals surface area (Å²) in [6, 6.07) is 3.43. The zero-order valence-corrected chi connectivity index (χ0v) is 10.7. The molecule has 1 N–H and O–H groups in total. The smallest absolute Gasteiger partial charge is 0.209 e. The van der Waals surface area contributed by atoms with Crippen LogP contribution >= 0.6 is 23.2 Å². The second kappa shape index (κ2) is 4.48. The number of nitrogens with one attached hydrogen (secondary N) is 1. The molecule has 0 saturated heterocycles. The van der Waals surface area contributed by atoms with E-state index in [1.54, 1.807) is 12.1 Å². The zero-order chi connectivity index (χ0) is 11.8. The molecule has 90 valence electrons. The summed E-state index contributed by atoms with van der Waals surface area (Å²) in [6.07, 6.45) is 2.67. The number of rotatable bonds is 4. The summed E-state index contributed by atoms with van der Waals surface area (Å²) in [5.74, 6) is 1.50. The van der Waals surface area contributed by atoms with Crippen LogP contribution in [0, 0.1) is 5.92 Å². The average Bonchev–Trinajstić information content (AvgIpc) is 2.98. The van der Waals surface area contributed by atoms with Crippen molar-refractivity contribution in [2.75, 3.05) is 6.54 Å². The van der Waals surface area contributed by atoms with Crippen molar-refractivity contribution in [3.8, 4) is 0 Å². The predicted octanol–water partition coefficient (Wildman–Crippen LogP) is 3.63. The highest BCUT2D eigenvalue weighted by Gasteiger charge is 2.20. The Hall–Kier alpha value is -0.770. The van der Waals surface area contributed by atoms with Gasteiger partial charge in [-0.15, -0.1) is 0 Å². The van der Waals surface area contributed by atoms with Crippen molar-refractivity contribution in [2.24, 2.45) is 5.92 Å². The first-order valence-corrected chi connectivity index (χ1v) is 6.43. The molecule has 0 amide bonds. The number of hydrogen-bond donors (Lipinski definition) is 1. The maximum Gasteiger partial charge on any atom is 0.209 e. The van der Waals surface area contributed by atoms with Crippen LogP contribution in [0.4, 0.5) is 0 Å². The van der Waals surface area contributed by atoms with Crippen LogP contribution in [0.2, 0.25) is 10.0 Å². The highest BCUT2D eigenvalue weighted by Crippen LogP contribution is 2.29. The van der Waals surface area contributed by atoms with E-state index in [0.29, 0.717) is 33.6 Å². The second-order valence-electron chi connectivity index (χ2n) is 4.42. The SMILES string of the molecule is Clc1cc(Cl)c2oc(CNCC3CC3)nc2c1. The van der Waals surface area contributed by atoms with Crippen LogP contribution in [0.1, 0.15) is 18.7 Å². The summed E-state index contributed by atoms with van der Waals surface area (Å²) >= 11 is 11.9. The zero-order valence-electron chi connectivity index (χ0n) is 9.17. The first-order chi connectivity index (χ1) is 8.22. The number of aromatic nitrogens is 1. The third-order valence-electron chi connectivity index (χ3n) is 2.86. The molecule has 3 rings (SSSR count). The van der Waals surface area contributed by atoms with Crippen molar-refractivity contribution in [3.63, 3.8) is 0 Å². The Morgan fingerprint density at radius 1 is 1.35 bits per heavy atom. The van der Waals surface area contributed by atoms with E-state index >= 15 is 0 Å². The molecule has 0 radical (unpaired) electrons. The third kappa shape index (κ3) is 2.57. The largest absolute Gasteiger partial charge is 0.438 e. The van der Waals surface area contributed by atoms with Gasteiger partial charge in [-0.3, -0.25) is 0 Å². The molecule has 3 nitrogen and oxygen atoms in total. The van der Waals surface area contributed by atoms with Crippen molar-refractivity contribution in [2.45, 2.75) is 19.4 Å². The number of nitrogens with zero attached hydrogens (tertiary/aromatic N) is 1. The summed E-state index contributed by atoms with van der Waals surface area (Å²) in [6.45, 7) is 1.67. The Morgan fingerprint density at radius 2 is 2.18 bits per heavy atom. The minimum Gasteiger partial charge on any atom is -0.438 e. The highest BCUT2D eigenvalue weighted by atomic mass is 35.5.